The molecule has 7 heteroatoms. The second-order valence-electron chi connectivity index (χ2n) is 11.4. The Morgan fingerprint density at radius 1 is 0.976 bits per heavy atom. The van der Waals surface area contributed by atoms with E-state index in [1.165, 1.54) is 5.56 Å². The molecular weight excluding hydrogens is 538 g/mol. The molecule has 3 rings (SSSR count). The number of nitrogens with one attached hydrogen (secondary N) is 3. The van der Waals surface area contributed by atoms with Crippen LogP contribution in [0.2, 0.25) is 0 Å². The fraction of sp³-hybridized carbons (Fsp3) is 0.486. The SMILES string of the molecule is C/C=C/CCNC.Cc1ccc(C)c2[nH]c(=O)c(CN(CCN(C(C)C)C(C)C)C(=S)NCCc3ccccc3)cc12. The van der Waals surface area contributed by atoms with Gasteiger partial charge in [-0.2, -0.15) is 0 Å². The van der Waals surface area contributed by atoms with Crippen molar-refractivity contribution in [2.45, 2.75) is 79.9 Å². The number of nitrogens with zero attached hydrogens (tertiary/aromatic N) is 2. The number of thiocarbonyl (C=S) groups is 1. The summed E-state index contributed by atoms with van der Waals surface area (Å²) in [5, 5.41) is 8.27. The Morgan fingerprint density at radius 3 is 2.26 bits per heavy atom. The van der Waals surface area contributed by atoms with Crippen molar-refractivity contribution < 1.29 is 0 Å². The number of H-pyrrole nitrogens is 1. The standard InChI is InChI=1S/C29H40N4OS.C6H13N/c1-20(2)33(21(3)4)17-16-32(29(35)30-15-14-24-10-8-7-9-11-24)19-25-18-26-22(5)12-13-23(6)27(26)31-28(25)34;1-3-4-5-6-7-2/h7-13,18,20-21H,14-17,19H2,1-6H3,(H,30,35)(H,31,34);3-4,7H,5-6H2,1-2H3/b;4-3+. The summed E-state index contributed by atoms with van der Waals surface area (Å²) in [6, 6.07) is 17.5. The van der Waals surface area contributed by atoms with Crippen molar-refractivity contribution in [3.63, 3.8) is 0 Å². The zero-order valence-electron chi connectivity index (χ0n) is 27.1. The minimum absolute atomic E-state index is 0.0483. The molecule has 0 spiro atoms. The van der Waals surface area contributed by atoms with Crippen molar-refractivity contribution in [1.29, 1.82) is 0 Å². The molecule has 230 valence electrons. The molecule has 0 unspecified atom stereocenters. The lowest BCUT2D eigenvalue weighted by atomic mass is 10.0. The molecule has 0 aliphatic heterocycles. The molecule has 1 heterocycles. The van der Waals surface area contributed by atoms with E-state index in [9.17, 15) is 4.79 Å². The minimum Gasteiger partial charge on any atom is -0.362 e. The van der Waals surface area contributed by atoms with E-state index in [-0.39, 0.29) is 5.56 Å². The molecule has 0 aliphatic rings. The molecule has 3 N–H and O–H groups in total. The van der Waals surface area contributed by atoms with E-state index >= 15 is 0 Å². The van der Waals surface area contributed by atoms with Crippen LogP contribution in [-0.2, 0) is 13.0 Å². The van der Waals surface area contributed by atoms with Crippen molar-refractivity contribution >= 4 is 28.2 Å². The van der Waals surface area contributed by atoms with Gasteiger partial charge in [0.2, 0.25) is 0 Å². The first kappa shape index (κ1) is 35.2. The molecule has 1 aromatic heterocycles. The fourth-order valence-electron chi connectivity index (χ4n) is 5.01. The first-order valence-electron chi connectivity index (χ1n) is 15.3. The summed E-state index contributed by atoms with van der Waals surface area (Å²) >= 11 is 5.84. The number of aromatic nitrogens is 1. The quantitative estimate of drug-likeness (QED) is 0.122. The van der Waals surface area contributed by atoms with Crippen LogP contribution in [0, 0.1) is 13.8 Å². The van der Waals surface area contributed by atoms with E-state index in [0.717, 1.165) is 66.6 Å². The monoisotopic (exact) mass is 591 g/mol. The molecule has 0 saturated carbocycles. The van der Waals surface area contributed by atoms with Crippen LogP contribution < -0.4 is 16.2 Å². The Balaban J connectivity index is 0.000000782. The maximum Gasteiger partial charge on any atom is 0.253 e. The van der Waals surface area contributed by atoms with Crippen LogP contribution in [0.5, 0.6) is 0 Å². The van der Waals surface area contributed by atoms with Crippen LogP contribution >= 0.6 is 12.2 Å². The van der Waals surface area contributed by atoms with Crippen molar-refractivity contribution in [2.75, 3.05) is 33.2 Å². The van der Waals surface area contributed by atoms with Gasteiger partial charge < -0.3 is 20.5 Å². The van der Waals surface area contributed by atoms with Crippen molar-refractivity contribution in [3.8, 4) is 0 Å². The normalized spacial score (nSPS) is 11.4. The third-order valence-electron chi connectivity index (χ3n) is 7.45. The molecule has 0 aliphatic carbocycles. The average molecular weight is 592 g/mol. The number of aromatic amines is 1. The molecule has 0 atom stereocenters. The Kier molecular flexibility index (Phi) is 15.5. The topological polar surface area (TPSA) is 63.4 Å². The van der Waals surface area contributed by atoms with Gasteiger partial charge in [0.1, 0.15) is 0 Å². The summed E-state index contributed by atoms with van der Waals surface area (Å²) in [6.45, 7) is 19.0. The van der Waals surface area contributed by atoms with Crippen LogP contribution in [-0.4, -0.2) is 65.2 Å². The molecule has 3 aromatic rings. The minimum atomic E-state index is -0.0483. The second-order valence-corrected chi connectivity index (χ2v) is 11.8. The van der Waals surface area contributed by atoms with E-state index in [4.69, 9.17) is 12.2 Å². The van der Waals surface area contributed by atoms with Crippen LogP contribution in [0.3, 0.4) is 0 Å². The summed E-state index contributed by atoms with van der Waals surface area (Å²) in [5.41, 5.74) is 5.11. The van der Waals surface area contributed by atoms with E-state index in [1.54, 1.807) is 0 Å². The third-order valence-corrected chi connectivity index (χ3v) is 7.86. The number of aryl methyl sites for hydroxylation is 2. The van der Waals surface area contributed by atoms with Crippen LogP contribution in [0.25, 0.3) is 10.9 Å². The van der Waals surface area contributed by atoms with Gasteiger partial charge in [0.05, 0.1) is 12.1 Å². The summed E-state index contributed by atoms with van der Waals surface area (Å²) in [7, 11) is 1.96. The second kappa shape index (κ2) is 18.5. The van der Waals surface area contributed by atoms with E-state index in [2.05, 4.69) is 109 Å². The molecule has 6 nitrogen and oxygen atoms in total. The Labute approximate surface area is 259 Å². The highest BCUT2D eigenvalue weighted by Gasteiger charge is 2.18. The smallest absolute Gasteiger partial charge is 0.253 e. The van der Waals surface area contributed by atoms with Gasteiger partial charge in [0, 0.05) is 42.7 Å². The first-order chi connectivity index (χ1) is 20.1. The molecule has 0 amide bonds. The van der Waals surface area contributed by atoms with Gasteiger partial charge in [0.15, 0.2) is 5.11 Å². The van der Waals surface area contributed by atoms with E-state index in [0.29, 0.717) is 23.7 Å². The number of benzene rings is 2. The van der Waals surface area contributed by atoms with Gasteiger partial charge in [-0.1, -0.05) is 54.6 Å². The molecule has 0 fully saturated rings. The highest BCUT2D eigenvalue weighted by molar-refractivity contribution is 7.80. The molecule has 42 heavy (non-hydrogen) atoms. The molecule has 0 radical (unpaired) electrons. The molecule has 0 saturated heterocycles. The number of pyridine rings is 1. The Morgan fingerprint density at radius 2 is 1.64 bits per heavy atom. The van der Waals surface area contributed by atoms with Gasteiger partial charge in [0.25, 0.3) is 5.56 Å². The van der Waals surface area contributed by atoms with Crippen molar-refractivity contribution in [2.24, 2.45) is 0 Å². The largest absolute Gasteiger partial charge is 0.362 e. The Hall–Kier alpha value is -3.00. The highest BCUT2D eigenvalue weighted by atomic mass is 32.1. The summed E-state index contributed by atoms with van der Waals surface area (Å²) < 4.78 is 0. The summed E-state index contributed by atoms with van der Waals surface area (Å²) in [6.07, 6.45) is 6.26. The van der Waals surface area contributed by atoms with Gasteiger partial charge in [-0.15, -0.1) is 0 Å². The summed E-state index contributed by atoms with van der Waals surface area (Å²) in [4.78, 5) is 20.8. The maximum absolute atomic E-state index is 13.1. The molecule has 0 bridgehead atoms. The van der Waals surface area contributed by atoms with Crippen molar-refractivity contribution in [1.82, 2.24) is 25.4 Å². The highest BCUT2D eigenvalue weighted by Crippen LogP contribution is 2.20. The van der Waals surface area contributed by atoms with Gasteiger partial charge in [-0.3, -0.25) is 9.69 Å². The molecule has 2 aromatic carbocycles. The molecular formula is C35H53N5OS. The maximum atomic E-state index is 13.1. The van der Waals surface area contributed by atoms with Gasteiger partial charge >= 0.3 is 0 Å². The zero-order valence-corrected chi connectivity index (χ0v) is 27.9. The summed E-state index contributed by atoms with van der Waals surface area (Å²) in [5.74, 6) is 0. The van der Waals surface area contributed by atoms with Gasteiger partial charge in [-0.25, -0.2) is 0 Å². The lowest BCUT2D eigenvalue weighted by Gasteiger charge is -2.34. The van der Waals surface area contributed by atoms with Crippen molar-refractivity contribution in [3.05, 3.63) is 93.3 Å². The first-order valence-corrected chi connectivity index (χ1v) is 15.7. The zero-order chi connectivity index (χ0) is 31.1. The van der Waals surface area contributed by atoms with E-state index in [1.807, 2.05) is 33.0 Å². The number of fused-ring (bicyclic) bond motifs is 1. The van der Waals surface area contributed by atoms with Gasteiger partial charge in [-0.05, 0) is 110 Å². The third kappa shape index (κ3) is 11.3. The fourth-order valence-corrected chi connectivity index (χ4v) is 5.27. The number of hydrogen-bond acceptors (Lipinski definition) is 4. The predicted molar refractivity (Wildman–Crippen MR) is 186 cm³/mol. The van der Waals surface area contributed by atoms with Crippen LogP contribution in [0.4, 0.5) is 0 Å². The number of hydrogen-bond donors (Lipinski definition) is 3. The predicted octanol–water partition coefficient (Wildman–Crippen LogP) is 6.35. The number of allylic oxidation sites excluding steroid dienone is 1. The van der Waals surface area contributed by atoms with Crippen LogP contribution in [0.15, 0.2) is 65.5 Å². The lowest BCUT2D eigenvalue weighted by molar-refractivity contribution is 0.160. The Bertz CT molecular complexity index is 1310. The lowest BCUT2D eigenvalue weighted by Crippen LogP contribution is -2.47. The van der Waals surface area contributed by atoms with E-state index < -0.39 is 0 Å². The van der Waals surface area contributed by atoms with Crippen LogP contribution in [0.1, 0.15) is 63.3 Å². The number of rotatable bonds is 13. The average Bonchev–Trinajstić information content (AvgIpc) is 2.96.